The van der Waals surface area contributed by atoms with Crippen LogP contribution in [0.3, 0.4) is 0 Å². The summed E-state index contributed by atoms with van der Waals surface area (Å²) in [5.41, 5.74) is 2.36. The number of carbonyl (C=O) groups is 2. The van der Waals surface area contributed by atoms with E-state index in [0.717, 1.165) is 10.4 Å². The Morgan fingerprint density at radius 2 is 1.97 bits per heavy atom. The Morgan fingerprint density at radius 3 is 2.68 bits per heavy atom. The van der Waals surface area contributed by atoms with Crippen LogP contribution in [0, 0.1) is 17.2 Å². The van der Waals surface area contributed by atoms with Crippen molar-refractivity contribution in [3.63, 3.8) is 0 Å². The van der Waals surface area contributed by atoms with Gasteiger partial charge in [-0.3, -0.25) is 9.59 Å². The van der Waals surface area contributed by atoms with Gasteiger partial charge in [-0.25, -0.2) is 0 Å². The highest BCUT2D eigenvalue weighted by atomic mass is 32.1. The third kappa shape index (κ3) is 4.10. The number of carbonyl (C=O) groups excluding carboxylic acids is 2. The van der Waals surface area contributed by atoms with Crippen molar-refractivity contribution >= 4 is 28.8 Å². The highest BCUT2D eigenvalue weighted by Crippen LogP contribution is 2.44. The van der Waals surface area contributed by atoms with E-state index in [9.17, 15) is 14.9 Å². The molecular formula is C25H23N3O2S. The van der Waals surface area contributed by atoms with Crippen LogP contribution in [-0.4, -0.2) is 23.3 Å². The lowest BCUT2D eigenvalue weighted by atomic mass is 9.81. The van der Waals surface area contributed by atoms with Crippen LogP contribution in [0.2, 0.25) is 0 Å². The molecule has 1 aliphatic heterocycles. The lowest BCUT2D eigenvalue weighted by Crippen LogP contribution is -2.47. The maximum atomic E-state index is 13.6. The van der Waals surface area contributed by atoms with Crippen molar-refractivity contribution in [3.8, 4) is 6.07 Å². The molecule has 6 heteroatoms. The average molecular weight is 430 g/mol. The van der Waals surface area contributed by atoms with E-state index in [1.807, 2.05) is 40.6 Å². The molecular weight excluding hydrogens is 406 g/mol. The van der Waals surface area contributed by atoms with E-state index in [1.165, 1.54) is 0 Å². The van der Waals surface area contributed by atoms with Crippen molar-refractivity contribution < 1.29 is 9.59 Å². The molecule has 5 nitrogen and oxygen atoms in total. The summed E-state index contributed by atoms with van der Waals surface area (Å²) < 4.78 is 0. The zero-order valence-corrected chi connectivity index (χ0v) is 18.2. The van der Waals surface area contributed by atoms with Gasteiger partial charge in [0.2, 0.25) is 5.91 Å². The molecule has 2 amide bonds. The van der Waals surface area contributed by atoms with Gasteiger partial charge in [0.05, 0.1) is 23.6 Å². The van der Waals surface area contributed by atoms with E-state index in [1.54, 1.807) is 41.7 Å². The molecule has 2 atom stereocenters. The molecule has 0 unspecified atom stereocenters. The van der Waals surface area contributed by atoms with Crippen molar-refractivity contribution in [2.24, 2.45) is 5.92 Å². The fraction of sp³-hybridized carbons (Fsp3) is 0.240. The maximum Gasteiger partial charge on any atom is 0.254 e. The number of amides is 2. The largest absolute Gasteiger partial charge is 0.329 e. The third-order valence-electron chi connectivity index (χ3n) is 5.38. The zero-order valence-electron chi connectivity index (χ0n) is 17.4. The van der Waals surface area contributed by atoms with Crippen molar-refractivity contribution in [1.29, 1.82) is 5.26 Å². The number of thiophene rings is 1. The van der Waals surface area contributed by atoms with Gasteiger partial charge >= 0.3 is 0 Å². The Hall–Kier alpha value is -3.43. The lowest BCUT2D eigenvalue weighted by molar-refractivity contribution is -0.119. The molecule has 4 rings (SSSR count). The molecule has 2 aromatic carbocycles. The molecule has 0 spiro atoms. The number of nitrogens with zero attached hydrogens (tertiary/aromatic N) is 2. The summed E-state index contributed by atoms with van der Waals surface area (Å²) in [6.07, 6.45) is 0. The number of hydrogen-bond acceptors (Lipinski definition) is 4. The first-order valence-electron chi connectivity index (χ1n) is 10.2. The van der Waals surface area contributed by atoms with Gasteiger partial charge in [0.15, 0.2) is 0 Å². The third-order valence-corrected chi connectivity index (χ3v) is 6.32. The molecule has 0 saturated heterocycles. The summed E-state index contributed by atoms with van der Waals surface area (Å²) in [4.78, 5) is 29.9. The number of nitrogens with one attached hydrogen (secondary N) is 1. The maximum absolute atomic E-state index is 13.6. The van der Waals surface area contributed by atoms with E-state index < -0.39 is 5.92 Å². The minimum atomic E-state index is -0.558. The second kappa shape index (κ2) is 8.75. The predicted molar refractivity (Wildman–Crippen MR) is 122 cm³/mol. The smallest absolute Gasteiger partial charge is 0.254 e. The fourth-order valence-electron chi connectivity index (χ4n) is 4.13. The molecule has 1 aromatic heterocycles. The van der Waals surface area contributed by atoms with E-state index in [2.05, 4.69) is 25.2 Å². The number of rotatable bonds is 5. The minimum Gasteiger partial charge on any atom is -0.329 e. The van der Waals surface area contributed by atoms with E-state index >= 15 is 0 Å². The number of fused-ring (bicyclic) bond motifs is 1. The first-order valence-corrected chi connectivity index (χ1v) is 11.1. The number of anilines is 1. The summed E-state index contributed by atoms with van der Waals surface area (Å²) in [6.45, 7) is 4.70. The molecule has 0 fully saturated rings. The van der Waals surface area contributed by atoms with Crippen LogP contribution in [-0.2, 0) is 4.79 Å². The first-order chi connectivity index (χ1) is 15.0. The van der Waals surface area contributed by atoms with Crippen molar-refractivity contribution in [3.05, 3.63) is 87.6 Å². The average Bonchev–Trinajstić information content (AvgIpc) is 3.29. The van der Waals surface area contributed by atoms with E-state index in [0.29, 0.717) is 23.4 Å². The molecule has 156 valence electrons. The Balaban J connectivity index is 1.81. The molecule has 1 aliphatic rings. The van der Waals surface area contributed by atoms with Crippen LogP contribution < -0.4 is 5.32 Å². The van der Waals surface area contributed by atoms with Gasteiger partial charge in [0.1, 0.15) is 0 Å². The first kappa shape index (κ1) is 20.8. The van der Waals surface area contributed by atoms with Crippen LogP contribution in [0.5, 0.6) is 0 Å². The van der Waals surface area contributed by atoms with Gasteiger partial charge in [0, 0.05) is 22.7 Å². The molecule has 0 bridgehead atoms. The molecule has 3 aromatic rings. The monoisotopic (exact) mass is 429 g/mol. The predicted octanol–water partition coefficient (Wildman–Crippen LogP) is 5.20. The highest BCUT2D eigenvalue weighted by molar-refractivity contribution is 7.10. The minimum absolute atomic E-state index is 0.0433. The zero-order chi connectivity index (χ0) is 22.0. The van der Waals surface area contributed by atoms with E-state index in [-0.39, 0.29) is 23.8 Å². The summed E-state index contributed by atoms with van der Waals surface area (Å²) in [5.74, 6) is -0.537. The Bertz CT molecular complexity index is 1150. The van der Waals surface area contributed by atoms with Gasteiger partial charge in [0.25, 0.3) is 5.91 Å². The Kier molecular flexibility index (Phi) is 5.88. The second-order valence-corrected chi connectivity index (χ2v) is 9.04. The SMILES string of the molecule is CC(C)CN1C(=O)c2ccccc2[C@@H](C(=O)Nc2cccc(C#N)c2)[C@@H]1c1cccs1. The molecule has 0 saturated carbocycles. The van der Waals surface area contributed by atoms with Crippen LogP contribution in [0.4, 0.5) is 5.69 Å². The van der Waals surface area contributed by atoms with Crippen LogP contribution in [0.15, 0.2) is 66.0 Å². The second-order valence-electron chi connectivity index (χ2n) is 8.06. The van der Waals surface area contributed by atoms with Crippen molar-refractivity contribution in [2.75, 3.05) is 11.9 Å². The highest BCUT2D eigenvalue weighted by Gasteiger charge is 2.44. The summed E-state index contributed by atoms with van der Waals surface area (Å²) in [5, 5.41) is 14.1. The molecule has 1 N–H and O–H groups in total. The van der Waals surface area contributed by atoms with Crippen LogP contribution in [0.1, 0.15) is 52.2 Å². The van der Waals surface area contributed by atoms with Gasteiger partial charge in [-0.1, -0.05) is 44.2 Å². The lowest BCUT2D eigenvalue weighted by Gasteiger charge is -2.42. The quantitative estimate of drug-likeness (QED) is 0.606. The van der Waals surface area contributed by atoms with E-state index in [4.69, 9.17) is 0 Å². The standard InChI is InChI=1S/C25H23N3O2S/c1-16(2)15-28-23(21-11-6-12-31-21)22(19-9-3-4-10-20(19)25(28)30)24(29)27-18-8-5-7-17(13-18)14-26/h3-13,16,22-23H,15H2,1-2H3,(H,27,29)/t22-,23+/m1/s1. The summed E-state index contributed by atoms with van der Waals surface area (Å²) >= 11 is 1.55. The van der Waals surface area contributed by atoms with Gasteiger partial charge < -0.3 is 10.2 Å². The van der Waals surface area contributed by atoms with Crippen molar-refractivity contribution in [1.82, 2.24) is 4.90 Å². The summed E-state index contributed by atoms with van der Waals surface area (Å²) in [6, 6.07) is 19.9. The number of hydrogen-bond donors (Lipinski definition) is 1. The Morgan fingerprint density at radius 1 is 1.16 bits per heavy atom. The van der Waals surface area contributed by atoms with Gasteiger partial charge in [-0.05, 0) is 47.2 Å². The normalized spacial score (nSPS) is 17.9. The molecule has 0 radical (unpaired) electrons. The molecule has 0 aliphatic carbocycles. The Labute approximate surface area is 185 Å². The van der Waals surface area contributed by atoms with Crippen molar-refractivity contribution in [2.45, 2.75) is 25.8 Å². The molecule has 31 heavy (non-hydrogen) atoms. The van der Waals surface area contributed by atoms with Gasteiger partial charge in [-0.2, -0.15) is 5.26 Å². The fourth-order valence-corrected chi connectivity index (χ4v) is 5.01. The summed E-state index contributed by atoms with van der Waals surface area (Å²) in [7, 11) is 0. The number of nitriles is 1. The topological polar surface area (TPSA) is 73.2 Å². The number of benzene rings is 2. The van der Waals surface area contributed by atoms with Gasteiger partial charge in [-0.15, -0.1) is 11.3 Å². The molecule has 2 heterocycles. The van der Waals surface area contributed by atoms with Crippen LogP contribution in [0.25, 0.3) is 0 Å². The van der Waals surface area contributed by atoms with Crippen LogP contribution >= 0.6 is 11.3 Å².